The molecule has 1 aromatic rings. The Hall–Kier alpha value is -1.82. The number of pyridine rings is 1. The molecule has 6 nitrogen and oxygen atoms in total. The smallest absolute Gasteiger partial charge is 0.319 e. The van der Waals surface area contributed by atoms with Gasteiger partial charge in [0.05, 0.1) is 24.6 Å². The first kappa shape index (κ1) is 14.1. The van der Waals surface area contributed by atoms with Gasteiger partial charge >= 0.3 is 6.03 Å². The molecule has 0 unspecified atom stereocenters. The first-order chi connectivity index (χ1) is 10.2. The number of amides is 2. The third-order valence-electron chi connectivity index (χ3n) is 4.09. The monoisotopic (exact) mass is 290 g/mol. The number of carbonyl (C=O) groups excluding carboxylic acids is 1. The summed E-state index contributed by atoms with van der Waals surface area (Å²) in [5.74, 6) is 0.945. The maximum absolute atomic E-state index is 11.9. The standard InChI is InChI=1S/C15H22N4O2/c1-11-13(18-15(20)17-12-3-2-4-12)5-6-14(16-11)19-7-9-21-10-8-19/h5-6,12H,2-4,7-10H2,1H3,(H2,17,18,20). The molecule has 1 saturated carbocycles. The van der Waals surface area contributed by atoms with Crippen molar-refractivity contribution in [3.05, 3.63) is 17.8 Å². The maximum Gasteiger partial charge on any atom is 0.319 e. The van der Waals surface area contributed by atoms with Crippen molar-refractivity contribution in [1.82, 2.24) is 10.3 Å². The van der Waals surface area contributed by atoms with E-state index in [1.54, 1.807) is 0 Å². The molecule has 0 atom stereocenters. The van der Waals surface area contributed by atoms with Crippen LogP contribution in [0.2, 0.25) is 0 Å². The van der Waals surface area contributed by atoms with E-state index in [1.165, 1.54) is 6.42 Å². The zero-order valence-electron chi connectivity index (χ0n) is 12.4. The molecule has 0 aromatic carbocycles. The predicted molar refractivity (Wildman–Crippen MR) is 81.8 cm³/mol. The highest BCUT2D eigenvalue weighted by atomic mass is 16.5. The quantitative estimate of drug-likeness (QED) is 0.892. The number of aryl methyl sites for hydroxylation is 1. The molecule has 0 bridgehead atoms. The van der Waals surface area contributed by atoms with Crippen molar-refractivity contribution in [2.75, 3.05) is 36.5 Å². The molecule has 2 amide bonds. The van der Waals surface area contributed by atoms with Crippen molar-refractivity contribution in [3.8, 4) is 0 Å². The predicted octanol–water partition coefficient (Wildman–Crippen LogP) is 1.90. The van der Waals surface area contributed by atoms with E-state index < -0.39 is 0 Å². The highest BCUT2D eigenvalue weighted by Gasteiger charge is 2.20. The highest BCUT2D eigenvalue weighted by Crippen LogP contribution is 2.21. The normalized spacial score (nSPS) is 19.0. The SMILES string of the molecule is Cc1nc(N2CCOCC2)ccc1NC(=O)NC1CCC1. The van der Waals surface area contributed by atoms with Crippen LogP contribution in [0, 0.1) is 6.92 Å². The second kappa shape index (κ2) is 6.30. The van der Waals surface area contributed by atoms with Crippen LogP contribution >= 0.6 is 0 Å². The topological polar surface area (TPSA) is 66.5 Å². The van der Waals surface area contributed by atoms with Gasteiger partial charge in [0.15, 0.2) is 0 Å². The number of hydrogen-bond acceptors (Lipinski definition) is 4. The summed E-state index contributed by atoms with van der Waals surface area (Å²) in [6, 6.07) is 4.08. The lowest BCUT2D eigenvalue weighted by molar-refractivity contribution is 0.122. The van der Waals surface area contributed by atoms with Crippen LogP contribution in [0.3, 0.4) is 0 Å². The van der Waals surface area contributed by atoms with Gasteiger partial charge in [-0.2, -0.15) is 0 Å². The number of hydrogen-bond donors (Lipinski definition) is 2. The number of morpholine rings is 1. The molecule has 3 rings (SSSR count). The Labute approximate surface area is 124 Å². The van der Waals surface area contributed by atoms with E-state index in [-0.39, 0.29) is 6.03 Å². The minimum atomic E-state index is -0.135. The lowest BCUT2D eigenvalue weighted by atomic mass is 9.93. The van der Waals surface area contributed by atoms with E-state index in [0.29, 0.717) is 6.04 Å². The fraction of sp³-hybridized carbons (Fsp3) is 0.600. The van der Waals surface area contributed by atoms with Crippen molar-refractivity contribution in [2.24, 2.45) is 0 Å². The van der Waals surface area contributed by atoms with Gasteiger partial charge in [-0.15, -0.1) is 0 Å². The minimum Gasteiger partial charge on any atom is -0.378 e. The third kappa shape index (κ3) is 3.44. The Morgan fingerprint density at radius 3 is 2.71 bits per heavy atom. The first-order valence-corrected chi connectivity index (χ1v) is 7.60. The number of urea groups is 1. The van der Waals surface area contributed by atoms with Crippen LogP contribution in [0.4, 0.5) is 16.3 Å². The van der Waals surface area contributed by atoms with E-state index in [2.05, 4.69) is 20.5 Å². The number of anilines is 2. The van der Waals surface area contributed by atoms with Crippen LogP contribution in [-0.2, 0) is 4.74 Å². The Kier molecular flexibility index (Phi) is 4.24. The summed E-state index contributed by atoms with van der Waals surface area (Å²) in [5.41, 5.74) is 1.60. The lowest BCUT2D eigenvalue weighted by Crippen LogP contribution is -2.42. The molecular weight excluding hydrogens is 268 g/mol. The summed E-state index contributed by atoms with van der Waals surface area (Å²) in [4.78, 5) is 18.7. The van der Waals surface area contributed by atoms with Crippen LogP contribution in [-0.4, -0.2) is 43.4 Å². The van der Waals surface area contributed by atoms with Crippen molar-refractivity contribution in [1.29, 1.82) is 0 Å². The van der Waals surface area contributed by atoms with E-state index in [9.17, 15) is 4.79 Å². The second-order valence-corrected chi connectivity index (χ2v) is 5.63. The average molecular weight is 290 g/mol. The van der Waals surface area contributed by atoms with Gasteiger partial charge in [-0.05, 0) is 38.3 Å². The zero-order chi connectivity index (χ0) is 14.7. The first-order valence-electron chi connectivity index (χ1n) is 7.60. The minimum absolute atomic E-state index is 0.135. The maximum atomic E-state index is 11.9. The molecule has 2 aliphatic rings. The van der Waals surface area contributed by atoms with Crippen LogP contribution < -0.4 is 15.5 Å². The van der Waals surface area contributed by atoms with Gasteiger partial charge in [0, 0.05) is 19.1 Å². The van der Waals surface area contributed by atoms with Crippen LogP contribution in [0.25, 0.3) is 0 Å². The molecule has 21 heavy (non-hydrogen) atoms. The zero-order valence-corrected chi connectivity index (χ0v) is 12.4. The van der Waals surface area contributed by atoms with Gasteiger partial charge in [0.25, 0.3) is 0 Å². The Morgan fingerprint density at radius 2 is 2.10 bits per heavy atom. The molecule has 114 valence electrons. The van der Waals surface area contributed by atoms with Crippen molar-refractivity contribution < 1.29 is 9.53 Å². The lowest BCUT2D eigenvalue weighted by Gasteiger charge is -2.28. The summed E-state index contributed by atoms with van der Waals surface area (Å²) in [5, 5.41) is 5.85. The van der Waals surface area contributed by atoms with Crippen molar-refractivity contribution >= 4 is 17.5 Å². The van der Waals surface area contributed by atoms with Crippen LogP contribution in [0.5, 0.6) is 0 Å². The van der Waals surface area contributed by atoms with Gasteiger partial charge in [-0.1, -0.05) is 0 Å². The fourth-order valence-electron chi connectivity index (χ4n) is 2.54. The van der Waals surface area contributed by atoms with Crippen LogP contribution in [0.15, 0.2) is 12.1 Å². The largest absolute Gasteiger partial charge is 0.378 e. The second-order valence-electron chi connectivity index (χ2n) is 5.63. The van der Waals surface area contributed by atoms with Crippen LogP contribution in [0.1, 0.15) is 25.0 Å². The Morgan fingerprint density at radius 1 is 1.33 bits per heavy atom. The van der Waals surface area contributed by atoms with E-state index >= 15 is 0 Å². The highest BCUT2D eigenvalue weighted by molar-refractivity contribution is 5.90. The van der Waals surface area contributed by atoms with Gasteiger partial charge in [0.2, 0.25) is 0 Å². The Bertz CT molecular complexity index is 510. The number of ether oxygens (including phenoxy) is 1. The van der Waals surface area contributed by atoms with E-state index in [0.717, 1.165) is 56.3 Å². The molecule has 1 aliphatic carbocycles. The van der Waals surface area contributed by atoms with Gasteiger partial charge in [-0.3, -0.25) is 0 Å². The molecular formula is C15H22N4O2. The summed E-state index contributed by atoms with van der Waals surface area (Å²) in [7, 11) is 0. The summed E-state index contributed by atoms with van der Waals surface area (Å²) in [6.07, 6.45) is 3.38. The van der Waals surface area contributed by atoms with E-state index in [1.807, 2.05) is 19.1 Å². The molecule has 1 aromatic heterocycles. The molecule has 2 fully saturated rings. The number of aromatic nitrogens is 1. The molecule has 6 heteroatoms. The molecule has 1 saturated heterocycles. The van der Waals surface area contributed by atoms with Crippen molar-refractivity contribution in [2.45, 2.75) is 32.2 Å². The van der Waals surface area contributed by atoms with Crippen molar-refractivity contribution in [3.63, 3.8) is 0 Å². The number of nitrogens with zero attached hydrogens (tertiary/aromatic N) is 2. The number of carbonyl (C=O) groups is 1. The molecule has 1 aliphatic heterocycles. The molecule has 2 N–H and O–H groups in total. The summed E-state index contributed by atoms with van der Waals surface area (Å²) < 4.78 is 5.35. The summed E-state index contributed by atoms with van der Waals surface area (Å²) in [6.45, 7) is 5.13. The molecule has 0 spiro atoms. The Balaban J connectivity index is 1.61. The van der Waals surface area contributed by atoms with Gasteiger partial charge in [-0.25, -0.2) is 9.78 Å². The molecule has 2 heterocycles. The fourth-order valence-corrected chi connectivity index (χ4v) is 2.54. The molecule has 0 radical (unpaired) electrons. The third-order valence-corrected chi connectivity index (χ3v) is 4.09. The average Bonchev–Trinajstić information content (AvgIpc) is 2.46. The van der Waals surface area contributed by atoms with Gasteiger partial charge in [0.1, 0.15) is 5.82 Å². The summed E-state index contributed by atoms with van der Waals surface area (Å²) >= 11 is 0. The number of nitrogens with one attached hydrogen (secondary N) is 2. The van der Waals surface area contributed by atoms with E-state index in [4.69, 9.17) is 4.74 Å². The van der Waals surface area contributed by atoms with Gasteiger partial charge < -0.3 is 20.3 Å². The number of rotatable bonds is 3.